The van der Waals surface area contributed by atoms with Crippen LogP contribution in [0.4, 0.5) is 5.88 Å². The summed E-state index contributed by atoms with van der Waals surface area (Å²) in [5, 5.41) is 8.78. The van der Waals surface area contributed by atoms with Gasteiger partial charge in [-0.1, -0.05) is 0 Å². The molecule has 1 aliphatic heterocycles. The molecule has 7 nitrogen and oxygen atoms in total. The summed E-state index contributed by atoms with van der Waals surface area (Å²) in [6.45, 7) is 0. The van der Waals surface area contributed by atoms with Crippen LogP contribution in [0, 0.1) is 0 Å². The summed E-state index contributed by atoms with van der Waals surface area (Å²) in [5.74, 6) is -2.30. The average Bonchev–Trinajstić information content (AvgIpc) is 3.12. The Morgan fingerprint density at radius 2 is 1.70 bits per heavy atom. The highest BCUT2D eigenvalue weighted by Crippen LogP contribution is 2.27. The highest BCUT2D eigenvalue weighted by atomic mass is 16.4. The maximum atomic E-state index is 11.3. The monoisotopic (exact) mass is 277 g/mol. The van der Waals surface area contributed by atoms with Gasteiger partial charge in [-0.3, -0.25) is 9.59 Å². The minimum Gasteiger partial charge on any atom is -0.477 e. The first-order chi connectivity index (χ1) is 9.61. The van der Waals surface area contributed by atoms with Crippen LogP contribution in [0.1, 0.15) is 23.2 Å². The van der Waals surface area contributed by atoms with Crippen molar-refractivity contribution >= 4 is 23.7 Å². The molecule has 2 aromatic heterocycles. The van der Waals surface area contributed by atoms with Gasteiger partial charge in [-0.15, -0.1) is 0 Å². The van der Waals surface area contributed by atoms with Crippen molar-refractivity contribution in [1.82, 2.24) is 0 Å². The molecule has 0 atom stereocenters. The average molecular weight is 277 g/mol. The highest BCUT2D eigenvalue weighted by Gasteiger charge is 2.35. The van der Waals surface area contributed by atoms with Crippen LogP contribution in [0.5, 0.6) is 0 Å². The number of anilines is 1. The Balaban J connectivity index is 0.000000247. The Hall–Kier alpha value is -2.83. The maximum absolute atomic E-state index is 11.3. The zero-order valence-electron chi connectivity index (χ0n) is 10.3. The van der Waals surface area contributed by atoms with Crippen LogP contribution < -0.4 is 4.90 Å². The number of aromatic carboxylic acids is 1. The zero-order valence-corrected chi connectivity index (χ0v) is 10.3. The Morgan fingerprint density at radius 3 is 2.15 bits per heavy atom. The van der Waals surface area contributed by atoms with Crippen LogP contribution in [0.3, 0.4) is 0 Å². The van der Waals surface area contributed by atoms with Crippen molar-refractivity contribution in [3.63, 3.8) is 0 Å². The lowest BCUT2D eigenvalue weighted by Crippen LogP contribution is -2.29. The molecule has 0 bridgehead atoms. The Labute approximate surface area is 113 Å². The van der Waals surface area contributed by atoms with Crippen molar-refractivity contribution in [3.8, 4) is 0 Å². The number of carbonyl (C=O) groups excluding carboxylic acids is 2. The van der Waals surface area contributed by atoms with Gasteiger partial charge in [0.1, 0.15) is 5.56 Å². The number of carboxylic acids is 1. The predicted octanol–water partition coefficient (Wildman–Crippen LogP) is 1.91. The molecule has 0 aromatic carbocycles. The van der Waals surface area contributed by atoms with E-state index in [1.54, 1.807) is 12.5 Å². The molecule has 1 N–H and O–H groups in total. The first kappa shape index (κ1) is 13.6. The van der Waals surface area contributed by atoms with Gasteiger partial charge in [-0.25, -0.2) is 9.69 Å². The van der Waals surface area contributed by atoms with Crippen molar-refractivity contribution in [3.05, 3.63) is 42.6 Å². The van der Waals surface area contributed by atoms with Gasteiger partial charge in [0, 0.05) is 12.8 Å². The number of hydrogen-bond donors (Lipinski definition) is 1. The quantitative estimate of drug-likeness (QED) is 0.841. The number of hydrogen-bond acceptors (Lipinski definition) is 5. The fourth-order valence-electron chi connectivity index (χ4n) is 1.67. The van der Waals surface area contributed by atoms with Crippen LogP contribution in [0.2, 0.25) is 0 Å². The molecule has 0 saturated carbocycles. The molecular weight excluding hydrogens is 266 g/mol. The van der Waals surface area contributed by atoms with Crippen molar-refractivity contribution in [2.75, 3.05) is 4.90 Å². The molecule has 2 aromatic rings. The molecule has 0 radical (unpaired) electrons. The van der Waals surface area contributed by atoms with Gasteiger partial charge in [0.15, 0.2) is 0 Å². The van der Waals surface area contributed by atoms with E-state index >= 15 is 0 Å². The number of carbonyl (C=O) groups is 3. The second-order valence-electron chi connectivity index (χ2n) is 3.86. The zero-order chi connectivity index (χ0) is 14.5. The summed E-state index contributed by atoms with van der Waals surface area (Å²) in [5.41, 5.74) is -0.182. The van der Waals surface area contributed by atoms with E-state index in [0.717, 1.165) is 11.2 Å². The van der Waals surface area contributed by atoms with Crippen LogP contribution in [-0.2, 0) is 9.59 Å². The van der Waals surface area contributed by atoms with Crippen molar-refractivity contribution in [2.45, 2.75) is 12.8 Å². The number of furan rings is 2. The summed E-state index contributed by atoms with van der Waals surface area (Å²) in [7, 11) is 0. The third-order valence-electron chi connectivity index (χ3n) is 2.56. The second-order valence-corrected chi connectivity index (χ2v) is 3.86. The minimum absolute atomic E-state index is 0.0958. The van der Waals surface area contributed by atoms with Gasteiger partial charge >= 0.3 is 5.97 Å². The molecule has 1 saturated heterocycles. The van der Waals surface area contributed by atoms with Gasteiger partial charge in [-0.2, -0.15) is 0 Å². The normalized spacial score (nSPS) is 14.1. The van der Waals surface area contributed by atoms with Crippen LogP contribution in [0.25, 0.3) is 0 Å². The Morgan fingerprint density at radius 1 is 1.10 bits per heavy atom. The first-order valence-corrected chi connectivity index (χ1v) is 5.75. The van der Waals surface area contributed by atoms with Crippen LogP contribution in [0.15, 0.2) is 45.8 Å². The van der Waals surface area contributed by atoms with E-state index in [-0.39, 0.29) is 24.3 Å². The lowest BCUT2D eigenvalue weighted by Gasteiger charge is -2.10. The third-order valence-corrected chi connectivity index (χ3v) is 2.56. The summed E-state index contributed by atoms with van der Waals surface area (Å²) in [4.78, 5) is 34.1. The van der Waals surface area contributed by atoms with Crippen molar-refractivity contribution < 1.29 is 28.3 Å². The summed E-state index contributed by atoms with van der Waals surface area (Å²) < 4.78 is 9.44. The van der Waals surface area contributed by atoms with E-state index in [0.29, 0.717) is 0 Å². The molecule has 1 fully saturated rings. The molecule has 3 heterocycles. The van der Waals surface area contributed by atoms with Gasteiger partial charge in [0.05, 0.1) is 18.8 Å². The summed E-state index contributed by atoms with van der Waals surface area (Å²) in [6.07, 6.45) is 4.58. The van der Waals surface area contributed by atoms with Gasteiger partial charge < -0.3 is 13.9 Å². The van der Waals surface area contributed by atoms with Gasteiger partial charge in [0.2, 0.25) is 17.7 Å². The Bertz CT molecular complexity index is 579. The molecule has 2 amide bonds. The molecule has 3 rings (SSSR count). The maximum Gasteiger partial charge on any atom is 0.341 e. The SMILES string of the molecule is O=C(O)c1ccoc1N1C(=O)CCC1=O.c1ccoc1. The lowest BCUT2D eigenvalue weighted by atomic mass is 10.3. The molecule has 20 heavy (non-hydrogen) atoms. The van der Waals surface area contributed by atoms with E-state index < -0.39 is 17.8 Å². The number of imide groups is 1. The van der Waals surface area contributed by atoms with E-state index in [2.05, 4.69) is 4.42 Å². The molecule has 1 aliphatic rings. The number of rotatable bonds is 2. The topological polar surface area (TPSA) is 101 Å². The minimum atomic E-state index is -1.23. The number of nitrogens with zero attached hydrogens (tertiary/aromatic N) is 1. The summed E-state index contributed by atoms with van der Waals surface area (Å²) in [6, 6.07) is 4.87. The van der Waals surface area contributed by atoms with Crippen molar-refractivity contribution in [1.29, 1.82) is 0 Å². The van der Waals surface area contributed by atoms with Gasteiger partial charge in [0.25, 0.3) is 0 Å². The molecule has 0 unspecified atom stereocenters. The predicted molar refractivity (Wildman–Crippen MR) is 66.1 cm³/mol. The fraction of sp³-hybridized carbons (Fsp3) is 0.154. The van der Waals surface area contributed by atoms with Crippen LogP contribution >= 0.6 is 0 Å². The van der Waals surface area contributed by atoms with E-state index in [1.165, 1.54) is 6.07 Å². The standard InChI is InChI=1S/C9H7NO5.C4H4O/c11-6-1-2-7(12)10(6)8-5(9(13)14)3-4-15-8;1-2-4-5-3-1/h3-4H,1-2H2,(H,13,14);1-4H. The third kappa shape index (κ3) is 2.77. The van der Waals surface area contributed by atoms with E-state index in [1.807, 2.05) is 12.1 Å². The van der Waals surface area contributed by atoms with Crippen LogP contribution in [-0.4, -0.2) is 22.9 Å². The fourth-order valence-corrected chi connectivity index (χ4v) is 1.67. The van der Waals surface area contributed by atoms with Gasteiger partial charge in [-0.05, 0) is 18.2 Å². The Kier molecular flexibility index (Phi) is 3.99. The first-order valence-electron chi connectivity index (χ1n) is 5.75. The molecule has 104 valence electrons. The molecule has 7 heteroatoms. The second kappa shape index (κ2) is 5.87. The number of amides is 2. The largest absolute Gasteiger partial charge is 0.477 e. The molecular formula is C13H11NO6. The smallest absolute Gasteiger partial charge is 0.341 e. The highest BCUT2D eigenvalue weighted by molar-refractivity contribution is 6.20. The lowest BCUT2D eigenvalue weighted by molar-refractivity contribution is -0.121. The van der Waals surface area contributed by atoms with E-state index in [9.17, 15) is 14.4 Å². The molecule has 0 spiro atoms. The summed E-state index contributed by atoms with van der Waals surface area (Å²) >= 11 is 0. The number of carboxylic acid groups (broad SMARTS) is 1. The molecule has 0 aliphatic carbocycles. The van der Waals surface area contributed by atoms with E-state index in [4.69, 9.17) is 9.52 Å². The van der Waals surface area contributed by atoms with Crippen molar-refractivity contribution in [2.24, 2.45) is 0 Å².